The highest BCUT2D eigenvalue weighted by molar-refractivity contribution is 5.69. The fourth-order valence-electron chi connectivity index (χ4n) is 0.997. The van der Waals surface area contributed by atoms with Crippen molar-refractivity contribution in [2.45, 2.75) is 13.5 Å². The van der Waals surface area contributed by atoms with E-state index in [2.05, 4.69) is 10.0 Å². The monoisotopic (exact) mass is 191 g/mol. The number of hydrogen-bond acceptors (Lipinski definition) is 3. The zero-order valence-corrected chi connectivity index (χ0v) is 7.67. The van der Waals surface area contributed by atoms with Crippen LogP contribution in [0, 0.1) is 0 Å². The maximum absolute atomic E-state index is 10.7. The van der Waals surface area contributed by atoms with E-state index in [9.17, 15) is 4.79 Å². The summed E-state index contributed by atoms with van der Waals surface area (Å²) in [6, 6.07) is 6.93. The van der Waals surface area contributed by atoms with Crippen molar-refractivity contribution in [3.63, 3.8) is 0 Å². The van der Waals surface area contributed by atoms with Gasteiger partial charge in [0.15, 0.2) is 0 Å². The van der Waals surface area contributed by atoms with Gasteiger partial charge in [-0.25, -0.2) is 0 Å². The average molecular weight is 191 g/mol. The fraction of sp³-hybridized carbons (Fsp3) is 0.222. The number of para-hydroxylation sites is 1. The number of esters is 1. The van der Waals surface area contributed by atoms with Crippen LogP contribution in [-0.4, -0.2) is 5.97 Å². The van der Waals surface area contributed by atoms with Crippen molar-refractivity contribution in [3.8, 4) is 5.75 Å². The Balaban J connectivity index is 2.90. The Morgan fingerprint density at radius 3 is 2.93 bits per heavy atom. The second-order valence-electron chi connectivity index (χ2n) is 2.59. The lowest BCUT2D eigenvalue weighted by molar-refractivity contribution is -0.131. The number of nitrogens with zero attached hydrogens (tertiary/aromatic N) is 3. The van der Waals surface area contributed by atoms with Crippen molar-refractivity contribution in [3.05, 3.63) is 40.3 Å². The molecule has 5 heteroatoms. The largest absolute Gasteiger partial charge is 0.426 e. The van der Waals surface area contributed by atoms with Gasteiger partial charge in [-0.1, -0.05) is 23.3 Å². The number of azide groups is 1. The molecule has 1 aromatic rings. The smallest absolute Gasteiger partial charge is 0.308 e. The standard InChI is InChI=1S/C9H9N3O2/c1-7(13)14-9-5-3-2-4-8(9)6-11-12-10/h2-5H,6H2,1H3. The molecule has 0 heterocycles. The third-order valence-corrected chi connectivity index (χ3v) is 1.53. The zero-order chi connectivity index (χ0) is 10.4. The van der Waals surface area contributed by atoms with E-state index in [1.165, 1.54) is 6.92 Å². The Hall–Kier alpha value is -2.00. The van der Waals surface area contributed by atoms with Crippen LogP contribution in [0.1, 0.15) is 12.5 Å². The van der Waals surface area contributed by atoms with Gasteiger partial charge in [-0.05, 0) is 11.6 Å². The van der Waals surface area contributed by atoms with Crippen LogP contribution in [0.5, 0.6) is 5.75 Å². The van der Waals surface area contributed by atoms with E-state index in [0.717, 1.165) is 0 Å². The molecule has 0 saturated heterocycles. The minimum atomic E-state index is -0.390. The van der Waals surface area contributed by atoms with Crippen molar-refractivity contribution in [1.82, 2.24) is 0 Å². The van der Waals surface area contributed by atoms with Crippen LogP contribution < -0.4 is 4.74 Å². The van der Waals surface area contributed by atoms with Gasteiger partial charge in [0, 0.05) is 17.4 Å². The molecule has 0 bridgehead atoms. The molecule has 0 aliphatic rings. The van der Waals surface area contributed by atoms with Gasteiger partial charge >= 0.3 is 5.97 Å². The number of ether oxygens (including phenoxy) is 1. The first-order valence-corrected chi connectivity index (χ1v) is 4.01. The first-order chi connectivity index (χ1) is 6.74. The predicted molar refractivity (Wildman–Crippen MR) is 50.6 cm³/mol. The quantitative estimate of drug-likeness (QED) is 0.242. The molecule has 0 N–H and O–H groups in total. The second kappa shape index (κ2) is 4.89. The average Bonchev–Trinajstić information content (AvgIpc) is 2.16. The van der Waals surface area contributed by atoms with Crippen molar-refractivity contribution >= 4 is 5.97 Å². The van der Waals surface area contributed by atoms with Crippen molar-refractivity contribution < 1.29 is 9.53 Å². The summed E-state index contributed by atoms with van der Waals surface area (Å²) in [6.07, 6.45) is 0. The SMILES string of the molecule is CC(=O)Oc1ccccc1CN=[N+]=[N-]. The molecule has 0 aliphatic heterocycles. The van der Waals surface area contributed by atoms with Crippen LogP contribution in [0.4, 0.5) is 0 Å². The third-order valence-electron chi connectivity index (χ3n) is 1.53. The van der Waals surface area contributed by atoms with E-state index < -0.39 is 5.97 Å². The van der Waals surface area contributed by atoms with Gasteiger partial charge in [0.2, 0.25) is 0 Å². The lowest BCUT2D eigenvalue weighted by Gasteiger charge is -2.05. The highest BCUT2D eigenvalue weighted by atomic mass is 16.5. The highest BCUT2D eigenvalue weighted by Crippen LogP contribution is 2.18. The highest BCUT2D eigenvalue weighted by Gasteiger charge is 2.03. The second-order valence-corrected chi connectivity index (χ2v) is 2.59. The van der Waals surface area contributed by atoms with Crippen molar-refractivity contribution in [2.24, 2.45) is 5.11 Å². The van der Waals surface area contributed by atoms with E-state index in [1.807, 2.05) is 0 Å². The fourth-order valence-corrected chi connectivity index (χ4v) is 0.997. The van der Waals surface area contributed by atoms with Crippen LogP contribution in [0.15, 0.2) is 29.4 Å². The van der Waals surface area contributed by atoms with E-state index in [1.54, 1.807) is 24.3 Å². The molecule has 72 valence electrons. The van der Waals surface area contributed by atoms with E-state index >= 15 is 0 Å². The topological polar surface area (TPSA) is 75.1 Å². The minimum absolute atomic E-state index is 0.181. The Morgan fingerprint density at radius 2 is 2.29 bits per heavy atom. The Kier molecular flexibility index (Phi) is 3.52. The first kappa shape index (κ1) is 10.1. The summed E-state index contributed by atoms with van der Waals surface area (Å²) in [5, 5.41) is 3.40. The first-order valence-electron chi connectivity index (χ1n) is 4.01. The number of rotatable bonds is 3. The number of carbonyl (C=O) groups excluding carboxylic acids is 1. The maximum atomic E-state index is 10.7. The molecule has 0 aliphatic carbocycles. The van der Waals surface area contributed by atoms with Crippen LogP contribution >= 0.6 is 0 Å². The summed E-state index contributed by atoms with van der Waals surface area (Å²) >= 11 is 0. The van der Waals surface area contributed by atoms with E-state index in [4.69, 9.17) is 10.3 Å². The lowest BCUT2D eigenvalue weighted by atomic mass is 10.2. The number of carbonyl (C=O) groups is 1. The summed E-state index contributed by atoms with van der Waals surface area (Å²) in [6.45, 7) is 1.50. The molecule has 0 aromatic heterocycles. The Bertz CT molecular complexity index is 360. The van der Waals surface area contributed by atoms with Gasteiger partial charge in [0.1, 0.15) is 5.75 Å². The summed E-state index contributed by atoms with van der Waals surface area (Å²) in [5.41, 5.74) is 8.85. The van der Waals surface area contributed by atoms with Gasteiger partial charge in [0.05, 0.1) is 6.54 Å². The van der Waals surface area contributed by atoms with Gasteiger partial charge in [-0.15, -0.1) is 0 Å². The van der Waals surface area contributed by atoms with Crippen molar-refractivity contribution in [2.75, 3.05) is 0 Å². The van der Waals surface area contributed by atoms with Gasteiger partial charge in [-0.3, -0.25) is 4.79 Å². The Morgan fingerprint density at radius 1 is 1.57 bits per heavy atom. The molecular weight excluding hydrogens is 182 g/mol. The minimum Gasteiger partial charge on any atom is -0.426 e. The number of hydrogen-bond donors (Lipinski definition) is 0. The number of benzene rings is 1. The Labute approximate surface area is 80.9 Å². The molecule has 0 fully saturated rings. The van der Waals surface area contributed by atoms with Gasteiger partial charge in [0.25, 0.3) is 0 Å². The molecule has 1 aromatic carbocycles. The van der Waals surface area contributed by atoms with Gasteiger partial charge in [-0.2, -0.15) is 0 Å². The normalized spacial score (nSPS) is 8.93. The van der Waals surface area contributed by atoms with E-state index in [0.29, 0.717) is 11.3 Å². The molecule has 14 heavy (non-hydrogen) atoms. The molecule has 5 nitrogen and oxygen atoms in total. The molecule has 0 saturated carbocycles. The summed E-state index contributed by atoms with van der Waals surface area (Å²) in [5.74, 6) is 0.0470. The van der Waals surface area contributed by atoms with Crippen LogP contribution in [0.25, 0.3) is 10.4 Å². The van der Waals surface area contributed by atoms with Crippen LogP contribution in [0.3, 0.4) is 0 Å². The molecule has 0 atom stereocenters. The zero-order valence-electron chi connectivity index (χ0n) is 7.67. The molecule has 1 rings (SSSR count). The van der Waals surface area contributed by atoms with Gasteiger partial charge < -0.3 is 4.74 Å². The lowest BCUT2D eigenvalue weighted by Crippen LogP contribution is -2.03. The molecular formula is C9H9N3O2. The van der Waals surface area contributed by atoms with Crippen molar-refractivity contribution in [1.29, 1.82) is 0 Å². The van der Waals surface area contributed by atoms with E-state index in [-0.39, 0.29) is 6.54 Å². The molecule has 0 spiro atoms. The molecule has 0 amide bonds. The predicted octanol–water partition coefficient (Wildman–Crippen LogP) is 2.42. The van der Waals surface area contributed by atoms with Crippen LogP contribution in [-0.2, 0) is 11.3 Å². The van der Waals surface area contributed by atoms with Crippen LogP contribution in [0.2, 0.25) is 0 Å². The molecule has 0 radical (unpaired) electrons. The summed E-state index contributed by atoms with van der Waals surface area (Å²) in [7, 11) is 0. The molecule has 0 unspecified atom stereocenters. The summed E-state index contributed by atoms with van der Waals surface area (Å²) < 4.78 is 4.92. The maximum Gasteiger partial charge on any atom is 0.308 e. The summed E-state index contributed by atoms with van der Waals surface area (Å²) in [4.78, 5) is 13.3. The third kappa shape index (κ3) is 2.80.